The average Bonchev–Trinajstić information content (AvgIpc) is 3.19. The minimum absolute atomic E-state index is 0.0130. The molecular formula is C22H21ClF2O5S. The summed E-state index contributed by atoms with van der Waals surface area (Å²) in [6.07, 6.45) is 0.215. The second kappa shape index (κ2) is 7.40. The molecule has 2 aromatic rings. The summed E-state index contributed by atoms with van der Waals surface area (Å²) in [6, 6.07) is 7.70. The number of methoxy groups -OCH3 is 1. The molecule has 5 rings (SSSR count). The van der Waals surface area contributed by atoms with E-state index in [0.29, 0.717) is 17.9 Å². The minimum atomic E-state index is -4.16. The van der Waals surface area contributed by atoms with Crippen LogP contribution in [0, 0.1) is 23.5 Å². The Labute approximate surface area is 184 Å². The van der Waals surface area contributed by atoms with Crippen LogP contribution >= 0.6 is 11.6 Å². The van der Waals surface area contributed by atoms with E-state index < -0.39 is 38.4 Å². The molecule has 0 aromatic heterocycles. The maximum Gasteiger partial charge on any atom is 0.188 e. The van der Waals surface area contributed by atoms with Crippen molar-refractivity contribution < 1.29 is 31.4 Å². The van der Waals surface area contributed by atoms with Crippen LogP contribution in [0.3, 0.4) is 0 Å². The third-order valence-corrected chi connectivity index (χ3v) is 9.76. The minimum Gasteiger partial charge on any atom is -0.490 e. The van der Waals surface area contributed by atoms with Crippen LogP contribution in [0.1, 0.15) is 24.8 Å². The summed E-state index contributed by atoms with van der Waals surface area (Å²) in [4.78, 5) is 0.0130. The Kier molecular flexibility index (Phi) is 5.04. The molecule has 2 aliphatic heterocycles. The summed E-state index contributed by atoms with van der Waals surface area (Å²) in [6.45, 7) is -0.0544. The highest BCUT2D eigenvalue weighted by Gasteiger charge is 2.64. The van der Waals surface area contributed by atoms with Gasteiger partial charge in [0, 0.05) is 24.5 Å². The van der Waals surface area contributed by atoms with Crippen LogP contribution in [-0.2, 0) is 24.1 Å². The summed E-state index contributed by atoms with van der Waals surface area (Å²) in [5.74, 6) is -2.76. The fraction of sp³-hybridized carbons (Fsp3) is 0.455. The molecule has 0 N–H and O–H groups in total. The number of rotatable bonds is 3. The molecule has 1 saturated heterocycles. The number of sulfone groups is 1. The number of hydrogen-bond acceptors (Lipinski definition) is 5. The number of fused-ring (bicyclic) bond motifs is 5. The first kappa shape index (κ1) is 21.1. The third-order valence-electron chi connectivity index (χ3n) is 6.94. The van der Waals surface area contributed by atoms with Crippen molar-refractivity contribution in [3.63, 3.8) is 0 Å². The van der Waals surface area contributed by atoms with Gasteiger partial charge in [-0.3, -0.25) is 0 Å². The van der Waals surface area contributed by atoms with Crippen molar-refractivity contribution in [2.45, 2.75) is 41.3 Å². The fourth-order valence-electron chi connectivity index (χ4n) is 5.57. The number of benzene rings is 2. The zero-order valence-corrected chi connectivity index (χ0v) is 18.3. The smallest absolute Gasteiger partial charge is 0.188 e. The van der Waals surface area contributed by atoms with Crippen LogP contribution in [0.25, 0.3) is 0 Å². The van der Waals surface area contributed by atoms with Gasteiger partial charge in [-0.05, 0) is 55.2 Å². The van der Waals surface area contributed by atoms with Crippen LogP contribution in [-0.4, -0.2) is 34.5 Å². The Hall–Kier alpha value is -1.74. The maximum absolute atomic E-state index is 15.3. The van der Waals surface area contributed by atoms with Gasteiger partial charge in [-0.25, -0.2) is 17.2 Å². The Morgan fingerprint density at radius 2 is 1.84 bits per heavy atom. The van der Waals surface area contributed by atoms with E-state index in [1.54, 1.807) is 0 Å². The van der Waals surface area contributed by atoms with Crippen LogP contribution < -0.4 is 4.74 Å². The van der Waals surface area contributed by atoms with E-state index in [4.69, 9.17) is 25.8 Å². The zero-order valence-electron chi connectivity index (χ0n) is 16.7. The lowest BCUT2D eigenvalue weighted by molar-refractivity contribution is -0.123. The summed E-state index contributed by atoms with van der Waals surface area (Å²) >= 11 is 5.96. The van der Waals surface area contributed by atoms with Crippen LogP contribution in [0.5, 0.6) is 5.75 Å². The maximum atomic E-state index is 15.3. The first-order chi connectivity index (χ1) is 14.8. The SMILES string of the molecule is CO[C@@H]1C[C@H]2[C@H](CC[C@@]3(S(=O)(=O)c4ccc(Cl)cc4)c4c(F)ccc(F)c4OC[C@@H]23)O1. The Balaban J connectivity index is 1.76. The van der Waals surface area contributed by atoms with Crippen LogP contribution in [0.15, 0.2) is 41.3 Å². The molecule has 5 atom stereocenters. The van der Waals surface area contributed by atoms with Crippen molar-refractivity contribution in [1.29, 1.82) is 0 Å². The van der Waals surface area contributed by atoms with E-state index in [2.05, 4.69) is 0 Å². The fourth-order valence-corrected chi connectivity index (χ4v) is 8.10. The van der Waals surface area contributed by atoms with Gasteiger partial charge in [0.2, 0.25) is 0 Å². The van der Waals surface area contributed by atoms with Gasteiger partial charge in [-0.15, -0.1) is 0 Å². The highest BCUT2D eigenvalue weighted by atomic mass is 35.5. The predicted octanol–water partition coefficient (Wildman–Crippen LogP) is 4.47. The summed E-state index contributed by atoms with van der Waals surface area (Å²) in [5, 5.41) is 0.383. The lowest BCUT2D eigenvalue weighted by atomic mass is 9.66. The molecule has 2 fully saturated rings. The normalized spacial score (nSPS) is 32.0. The highest BCUT2D eigenvalue weighted by molar-refractivity contribution is 7.92. The van der Waals surface area contributed by atoms with Crippen molar-refractivity contribution in [1.82, 2.24) is 0 Å². The summed E-state index contributed by atoms with van der Waals surface area (Å²) in [7, 11) is -2.63. The molecule has 0 amide bonds. The molecule has 3 aliphatic rings. The molecule has 1 aliphatic carbocycles. The van der Waals surface area contributed by atoms with Gasteiger partial charge < -0.3 is 14.2 Å². The first-order valence-electron chi connectivity index (χ1n) is 10.1. The van der Waals surface area contributed by atoms with E-state index >= 15 is 4.39 Å². The second-order valence-electron chi connectivity index (χ2n) is 8.28. The quantitative estimate of drug-likeness (QED) is 0.662. The van der Waals surface area contributed by atoms with Crippen LogP contribution in [0.4, 0.5) is 8.78 Å². The topological polar surface area (TPSA) is 61.8 Å². The molecule has 0 bridgehead atoms. The lowest BCUT2D eigenvalue weighted by Crippen LogP contribution is -2.56. The van der Waals surface area contributed by atoms with Crippen LogP contribution in [0.2, 0.25) is 5.02 Å². The third kappa shape index (κ3) is 2.95. The number of hydrogen-bond donors (Lipinski definition) is 0. The van der Waals surface area contributed by atoms with Gasteiger partial charge in [-0.2, -0.15) is 0 Å². The van der Waals surface area contributed by atoms with Crippen molar-refractivity contribution in [2.24, 2.45) is 11.8 Å². The van der Waals surface area contributed by atoms with Crippen molar-refractivity contribution >= 4 is 21.4 Å². The average molecular weight is 471 g/mol. The van der Waals surface area contributed by atoms with E-state index in [9.17, 15) is 12.8 Å². The molecule has 166 valence electrons. The molecule has 0 spiro atoms. The van der Waals surface area contributed by atoms with Gasteiger partial charge in [0.1, 0.15) is 10.6 Å². The summed E-state index contributed by atoms with van der Waals surface area (Å²) in [5.41, 5.74) is -0.224. The monoisotopic (exact) mass is 470 g/mol. The van der Waals surface area contributed by atoms with E-state index in [0.717, 1.165) is 12.1 Å². The van der Waals surface area contributed by atoms with E-state index in [-0.39, 0.29) is 41.3 Å². The summed E-state index contributed by atoms with van der Waals surface area (Å²) < 4.78 is 73.5. The van der Waals surface area contributed by atoms with Gasteiger partial charge in [-0.1, -0.05) is 11.6 Å². The highest BCUT2D eigenvalue weighted by Crippen LogP contribution is 2.60. The molecule has 31 heavy (non-hydrogen) atoms. The van der Waals surface area contributed by atoms with Gasteiger partial charge in [0.15, 0.2) is 27.7 Å². The second-order valence-corrected chi connectivity index (χ2v) is 10.9. The molecule has 2 aromatic carbocycles. The van der Waals surface area contributed by atoms with Gasteiger partial charge in [0.25, 0.3) is 0 Å². The lowest BCUT2D eigenvalue weighted by Gasteiger charge is -2.50. The van der Waals surface area contributed by atoms with Crippen molar-refractivity contribution in [3.8, 4) is 5.75 Å². The Bertz CT molecular complexity index is 1120. The number of ether oxygens (including phenoxy) is 3. The molecule has 0 unspecified atom stereocenters. The molecule has 5 nitrogen and oxygen atoms in total. The van der Waals surface area contributed by atoms with E-state index in [1.165, 1.54) is 31.4 Å². The Morgan fingerprint density at radius 3 is 2.55 bits per heavy atom. The van der Waals surface area contributed by atoms with E-state index in [1.807, 2.05) is 0 Å². The molecule has 1 saturated carbocycles. The first-order valence-corrected chi connectivity index (χ1v) is 12.0. The zero-order chi connectivity index (χ0) is 22.0. The van der Waals surface area contributed by atoms with Crippen molar-refractivity contribution in [3.05, 3.63) is 58.6 Å². The molecule has 9 heteroatoms. The molecule has 0 radical (unpaired) electrons. The standard InChI is InChI=1S/C22H21ClF2O5S/c1-28-19-10-14-15-11-29-21-17(25)7-6-16(24)20(21)22(15,9-8-18(14)30-19)31(26,27)13-4-2-12(23)3-5-13/h2-7,14-15,18-19H,8-11H2,1H3/t14-,15+,18+,19+,22+/m1/s1. The van der Waals surface area contributed by atoms with Gasteiger partial charge in [0.05, 0.1) is 23.2 Å². The largest absolute Gasteiger partial charge is 0.490 e. The molecule has 2 heterocycles. The van der Waals surface area contributed by atoms with Gasteiger partial charge >= 0.3 is 0 Å². The Morgan fingerprint density at radius 1 is 1.13 bits per heavy atom. The predicted molar refractivity (Wildman–Crippen MR) is 109 cm³/mol. The van der Waals surface area contributed by atoms with Crippen molar-refractivity contribution in [2.75, 3.05) is 13.7 Å². The number of halogens is 3. The molecular weight excluding hydrogens is 450 g/mol.